The number of carbonyl (C=O) groups excluding carboxylic acids is 1. The lowest BCUT2D eigenvalue weighted by Crippen LogP contribution is -2.36. The number of aromatic nitrogens is 1. The third kappa shape index (κ3) is 3.48. The molecule has 0 spiro atoms. The molecule has 1 fully saturated rings. The molecule has 0 aromatic carbocycles. The molecule has 1 aliphatic carbocycles. The molecule has 1 aliphatic rings. The number of carbonyl (C=O) groups is 1. The zero-order valence-corrected chi connectivity index (χ0v) is 12.6. The highest BCUT2D eigenvalue weighted by Crippen LogP contribution is 2.26. The van der Waals surface area contributed by atoms with Crippen LogP contribution in [-0.2, 0) is 4.74 Å². The average Bonchev–Trinajstić information content (AvgIpc) is 3.27. The van der Waals surface area contributed by atoms with E-state index in [0.717, 1.165) is 18.4 Å². The Balaban J connectivity index is 1.93. The molecule has 1 saturated carbocycles. The Morgan fingerprint density at radius 2 is 2.25 bits per heavy atom. The molecular formula is C15H23N3O2. The second kappa shape index (κ2) is 6.22. The SMILES string of the molecule is COC(=O)c1ccc(NCC(C)N(C)C2CC2)nc1C. The topological polar surface area (TPSA) is 54.5 Å². The minimum Gasteiger partial charge on any atom is -0.465 e. The maximum Gasteiger partial charge on any atom is 0.339 e. The molecule has 5 heteroatoms. The summed E-state index contributed by atoms with van der Waals surface area (Å²) in [5, 5.41) is 3.33. The lowest BCUT2D eigenvalue weighted by molar-refractivity contribution is 0.0599. The van der Waals surface area contributed by atoms with Crippen molar-refractivity contribution < 1.29 is 9.53 Å². The maximum atomic E-state index is 11.5. The van der Waals surface area contributed by atoms with Gasteiger partial charge in [0.2, 0.25) is 0 Å². The minimum atomic E-state index is -0.344. The Labute approximate surface area is 120 Å². The third-order valence-corrected chi connectivity index (χ3v) is 3.89. The van der Waals surface area contributed by atoms with Gasteiger partial charge in [-0.05, 0) is 45.9 Å². The number of nitrogens with one attached hydrogen (secondary N) is 1. The van der Waals surface area contributed by atoms with Crippen LogP contribution in [0, 0.1) is 6.92 Å². The molecule has 20 heavy (non-hydrogen) atoms. The van der Waals surface area contributed by atoms with Gasteiger partial charge in [0, 0.05) is 18.6 Å². The van der Waals surface area contributed by atoms with Gasteiger partial charge in [-0.25, -0.2) is 9.78 Å². The molecule has 0 amide bonds. The van der Waals surface area contributed by atoms with Gasteiger partial charge in [-0.1, -0.05) is 0 Å². The fourth-order valence-corrected chi connectivity index (χ4v) is 2.22. The van der Waals surface area contributed by atoms with Crippen LogP contribution in [0.2, 0.25) is 0 Å². The summed E-state index contributed by atoms with van der Waals surface area (Å²) in [4.78, 5) is 18.3. The lowest BCUT2D eigenvalue weighted by atomic mass is 10.2. The highest BCUT2D eigenvalue weighted by molar-refractivity contribution is 5.90. The van der Waals surface area contributed by atoms with E-state index in [1.807, 2.05) is 13.0 Å². The van der Waals surface area contributed by atoms with Crippen molar-refractivity contribution in [2.24, 2.45) is 0 Å². The number of hydrogen-bond donors (Lipinski definition) is 1. The number of likely N-dealkylation sites (N-methyl/N-ethyl adjacent to an activating group) is 1. The summed E-state index contributed by atoms with van der Waals surface area (Å²) in [5.41, 5.74) is 1.20. The van der Waals surface area contributed by atoms with E-state index < -0.39 is 0 Å². The second-order valence-corrected chi connectivity index (χ2v) is 5.45. The number of pyridine rings is 1. The van der Waals surface area contributed by atoms with E-state index in [2.05, 4.69) is 29.2 Å². The fraction of sp³-hybridized carbons (Fsp3) is 0.600. The van der Waals surface area contributed by atoms with Gasteiger partial charge < -0.3 is 10.1 Å². The van der Waals surface area contributed by atoms with Crippen LogP contribution in [-0.4, -0.2) is 48.6 Å². The van der Waals surface area contributed by atoms with Gasteiger partial charge in [-0.2, -0.15) is 0 Å². The Morgan fingerprint density at radius 3 is 2.80 bits per heavy atom. The van der Waals surface area contributed by atoms with Crippen molar-refractivity contribution in [3.63, 3.8) is 0 Å². The smallest absolute Gasteiger partial charge is 0.339 e. The number of ether oxygens (including phenoxy) is 1. The Morgan fingerprint density at radius 1 is 1.55 bits per heavy atom. The summed E-state index contributed by atoms with van der Waals surface area (Å²) in [6, 6.07) is 4.79. The highest BCUT2D eigenvalue weighted by Gasteiger charge is 2.28. The number of anilines is 1. The van der Waals surface area contributed by atoms with Gasteiger partial charge in [-0.15, -0.1) is 0 Å². The van der Waals surface area contributed by atoms with Gasteiger partial charge in [0.25, 0.3) is 0 Å². The van der Waals surface area contributed by atoms with Crippen LogP contribution in [0.1, 0.15) is 35.8 Å². The van der Waals surface area contributed by atoms with Crippen molar-refractivity contribution in [2.45, 2.75) is 38.8 Å². The van der Waals surface area contributed by atoms with Crippen molar-refractivity contribution >= 4 is 11.8 Å². The molecular weight excluding hydrogens is 254 g/mol. The number of esters is 1. The molecule has 0 saturated heterocycles. The molecule has 0 radical (unpaired) electrons. The van der Waals surface area contributed by atoms with Gasteiger partial charge in [-0.3, -0.25) is 4.90 Å². The van der Waals surface area contributed by atoms with Crippen molar-refractivity contribution in [2.75, 3.05) is 26.0 Å². The van der Waals surface area contributed by atoms with E-state index in [-0.39, 0.29) is 5.97 Å². The van der Waals surface area contributed by atoms with Crippen molar-refractivity contribution in [1.29, 1.82) is 0 Å². The fourth-order valence-electron chi connectivity index (χ4n) is 2.22. The van der Waals surface area contributed by atoms with E-state index >= 15 is 0 Å². The first-order chi connectivity index (χ1) is 9.52. The number of nitrogens with zero attached hydrogens (tertiary/aromatic N) is 2. The van der Waals surface area contributed by atoms with Crippen LogP contribution in [0.5, 0.6) is 0 Å². The van der Waals surface area contributed by atoms with E-state index in [4.69, 9.17) is 4.74 Å². The summed E-state index contributed by atoms with van der Waals surface area (Å²) >= 11 is 0. The first kappa shape index (κ1) is 14.8. The number of aryl methyl sites for hydroxylation is 1. The third-order valence-electron chi connectivity index (χ3n) is 3.89. The van der Waals surface area contributed by atoms with Crippen LogP contribution < -0.4 is 5.32 Å². The van der Waals surface area contributed by atoms with Crippen molar-refractivity contribution in [3.05, 3.63) is 23.4 Å². The van der Waals surface area contributed by atoms with Gasteiger partial charge in [0.05, 0.1) is 18.4 Å². The monoisotopic (exact) mass is 277 g/mol. The van der Waals surface area contributed by atoms with Gasteiger partial charge in [0.15, 0.2) is 0 Å². The number of hydrogen-bond acceptors (Lipinski definition) is 5. The molecule has 0 aliphatic heterocycles. The maximum absolute atomic E-state index is 11.5. The standard InChI is InChI=1S/C15H23N3O2/c1-10(18(3)12-5-6-12)9-16-14-8-7-13(11(2)17-14)15(19)20-4/h7-8,10,12H,5-6,9H2,1-4H3,(H,16,17). The summed E-state index contributed by atoms with van der Waals surface area (Å²) in [6.45, 7) is 4.87. The zero-order valence-electron chi connectivity index (χ0n) is 12.6. The first-order valence-electron chi connectivity index (χ1n) is 7.04. The van der Waals surface area contributed by atoms with Crippen LogP contribution in [0.15, 0.2) is 12.1 Å². The molecule has 1 unspecified atom stereocenters. The summed E-state index contributed by atoms with van der Waals surface area (Å²) in [7, 11) is 3.55. The Bertz CT molecular complexity index is 486. The van der Waals surface area contributed by atoms with Crippen LogP contribution in [0.3, 0.4) is 0 Å². The Kier molecular flexibility index (Phi) is 4.60. The normalized spacial score (nSPS) is 16.1. The van der Waals surface area contributed by atoms with Crippen LogP contribution in [0.25, 0.3) is 0 Å². The largest absolute Gasteiger partial charge is 0.465 e. The number of rotatable bonds is 6. The van der Waals surface area contributed by atoms with E-state index in [0.29, 0.717) is 17.3 Å². The Hall–Kier alpha value is -1.62. The summed E-state index contributed by atoms with van der Waals surface area (Å²) < 4.78 is 4.71. The molecule has 1 N–H and O–H groups in total. The summed E-state index contributed by atoms with van der Waals surface area (Å²) in [5.74, 6) is 0.453. The van der Waals surface area contributed by atoms with E-state index in [1.54, 1.807) is 6.07 Å². The molecule has 0 bridgehead atoms. The molecule has 1 aromatic rings. The van der Waals surface area contributed by atoms with Gasteiger partial charge in [0.1, 0.15) is 5.82 Å². The predicted octanol–water partition coefficient (Wildman–Crippen LogP) is 2.07. The highest BCUT2D eigenvalue weighted by atomic mass is 16.5. The van der Waals surface area contributed by atoms with Crippen LogP contribution >= 0.6 is 0 Å². The minimum absolute atomic E-state index is 0.344. The zero-order chi connectivity index (χ0) is 14.7. The molecule has 110 valence electrons. The first-order valence-corrected chi connectivity index (χ1v) is 7.04. The van der Waals surface area contributed by atoms with Crippen molar-refractivity contribution in [3.8, 4) is 0 Å². The molecule has 1 atom stereocenters. The predicted molar refractivity (Wildman–Crippen MR) is 79.1 cm³/mol. The average molecular weight is 277 g/mol. The van der Waals surface area contributed by atoms with Crippen LogP contribution in [0.4, 0.5) is 5.82 Å². The summed E-state index contributed by atoms with van der Waals surface area (Å²) in [6.07, 6.45) is 2.62. The van der Waals surface area contributed by atoms with E-state index in [1.165, 1.54) is 20.0 Å². The van der Waals surface area contributed by atoms with E-state index in [9.17, 15) is 4.79 Å². The lowest BCUT2D eigenvalue weighted by Gasteiger charge is -2.24. The van der Waals surface area contributed by atoms with Crippen molar-refractivity contribution in [1.82, 2.24) is 9.88 Å². The second-order valence-electron chi connectivity index (χ2n) is 5.45. The molecule has 2 rings (SSSR count). The molecule has 1 aromatic heterocycles. The molecule has 1 heterocycles. The molecule has 5 nitrogen and oxygen atoms in total. The quantitative estimate of drug-likeness (QED) is 0.807. The number of methoxy groups -OCH3 is 1. The van der Waals surface area contributed by atoms with Gasteiger partial charge >= 0.3 is 5.97 Å².